The maximum Gasteiger partial charge on any atom is 0.244 e. The van der Waals surface area contributed by atoms with Gasteiger partial charge in [0.05, 0.1) is 5.02 Å². The Morgan fingerprint density at radius 3 is 2.50 bits per heavy atom. The van der Waals surface area contributed by atoms with Gasteiger partial charge in [0.2, 0.25) is 10.0 Å². The monoisotopic (exact) mass is 335 g/mol. The molecule has 1 fully saturated rings. The Morgan fingerprint density at radius 1 is 1.25 bits per heavy atom. The molecule has 3 nitrogen and oxygen atoms in total. The summed E-state index contributed by atoms with van der Waals surface area (Å²) in [5, 5.41) is 0.251. The van der Waals surface area contributed by atoms with Gasteiger partial charge in [-0.25, -0.2) is 8.42 Å². The minimum absolute atomic E-state index is 0.0736. The van der Waals surface area contributed by atoms with E-state index in [9.17, 15) is 8.42 Å². The zero-order valence-corrected chi connectivity index (χ0v) is 13.8. The van der Waals surface area contributed by atoms with Gasteiger partial charge in [0.25, 0.3) is 0 Å². The van der Waals surface area contributed by atoms with Crippen LogP contribution in [0.15, 0.2) is 23.1 Å². The smallest absolute Gasteiger partial charge is 0.207 e. The second kappa shape index (κ2) is 6.65. The first kappa shape index (κ1) is 16.1. The van der Waals surface area contributed by atoms with E-state index in [1.54, 1.807) is 25.2 Å². The van der Waals surface area contributed by atoms with E-state index in [0.717, 1.165) is 31.2 Å². The van der Waals surface area contributed by atoms with Gasteiger partial charge in [-0.05, 0) is 30.5 Å². The maximum atomic E-state index is 12.7. The van der Waals surface area contributed by atoms with Crippen LogP contribution in [-0.4, -0.2) is 25.8 Å². The minimum Gasteiger partial charge on any atom is -0.207 e. The van der Waals surface area contributed by atoms with Gasteiger partial charge in [0, 0.05) is 19.0 Å². The van der Waals surface area contributed by atoms with Crippen LogP contribution in [0.1, 0.15) is 37.7 Å². The van der Waals surface area contributed by atoms with Crippen molar-refractivity contribution in [2.24, 2.45) is 0 Å². The molecule has 0 bridgehead atoms. The van der Waals surface area contributed by atoms with Gasteiger partial charge < -0.3 is 0 Å². The number of rotatable bonds is 4. The third kappa shape index (κ3) is 3.30. The Kier molecular flexibility index (Phi) is 5.35. The Morgan fingerprint density at radius 2 is 1.90 bits per heavy atom. The van der Waals surface area contributed by atoms with Crippen molar-refractivity contribution in [3.8, 4) is 0 Å². The standard InChI is InChI=1S/C14H19Cl2NO2S/c1-17(12-5-3-2-4-6-12)20(18,19)14-9-11(10-15)7-8-13(14)16/h7-9,12H,2-6,10H2,1H3. The zero-order valence-electron chi connectivity index (χ0n) is 11.5. The molecule has 1 saturated carbocycles. The van der Waals surface area contributed by atoms with E-state index in [4.69, 9.17) is 23.2 Å². The normalized spacial score (nSPS) is 17.6. The first-order chi connectivity index (χ1) is 9.46. The number of benzene rings is 1. The van der Waals surface area contributed by atoms with Gasteiger partial charge >= 0.3 is 0 Å². The SMILES string of the molecule is CN(C1CCCCC1)S(=O)(=O)c1cc(CCl)ccc1Cl. The fraction of sp³-hybridized carbons (Fsp3) is 0.571. The van der Waals surface area contributed by atoms with Crippen molar-refractivity contribution in [1.29, 1.82) is 0 Å². The van der Waals surface area contributed by atoms with Crippen molar-refractivity contribution in [1.82, 2.24) is 4.31 Å². The van der Waals surface area contributed by atoms with E-state index < -0.39 is 10.0 Å². The first-order valence-electron chi connectivity index (χ1n) is 6.79. The van der Waals surface area contributed by atoms with Gasteiger partial charge in [0.1, 0.15) is 4.90 Å². The summed E-state index contributed by atoms with van der Waals surface area (Å²) in [6.07, 6.45) is 5.19. The second-order valence-electron chi connectivity index (χ2n) is 5.21. The highest BCUT2D eigenvalue weighted by Crippen LogP contribution is 2.30. The van der Waals surface area contributed by atoms with Crippen LogP contribution in [0.3, 0.4) is 0 Å². The highest BCUT2D eigenvalue weighted by Gasteiger charge is 2.30. The lowest BCUT2D eigenvalue weighted by Crippen LogP contribution is -2.38. The van der Waals surface area contributed by atoms with Crippen LogP contribution in [0.4, 0.5) is 0 Å². The summed E-state index contributed by atoms with van der Waals surface area (Å²) in [4.78, 5) is 0.158. The van der Waals surface area contributed by atoms with E-state index in [1.807, 2.05) is 0 Å². The Bertz CT molecular complexity index is 569. The van der Waals surface area contributed by atoms with Crippen LogP contribution in [-0.2, 0) is 15.9 Å². The molecule has 1 aromatic carbocycles. The summed E-state index contributed by atoms with van der Waals surface area (Å²) in [6.45, 7) is 0. The molecule has 1 aromatic rings. The number of halogens is 2. The topological polar surface area (TPSA) is 37.4 Å². The van der Waals surface area contributed by atoms with E-state index in [1.165, 1.54) is 10.7 Å². The third-order valence-corrected chi connectivity index (χ3v) is 6.60. The average Bonchev–Trinajstić information content (AvgIpc) is 2.47. The molecular formula is C14H19Cl2NO2S. The molecular weight excluding hydrogens is 317 g/mol. The average molecular weight is 336 g/mol. The molecule has 0 atom stereocenters. The van der Waals surface area contributed by atoms with Crippen LogP contribution in [0.2, 0.25) is 5.02 Å². The lowest BCUT2D eigenvalue weighted by molar-refractivity contribution is 0.286. The Labute approximate surface area is 130 Å². The van der Waals surface area contributed by atoms with Gasteiger partial charge in [0.15, 0.2) is 0 Å². The predicted molar refractivity (Wildman–Crippen MR) is 82.8 cm³/mol. The minimum atomic E-state index is -3.56. The molecule has 0 saturated heterocycles. The Hall–Kier alpha value is -0.290. The van der Waals surface area contributed by atoms with E-state index >= 15 is 0 Å². The quantitative estimate of drug-likeness (QED) is 0.779. The molecule has 0 unspecified atom stereocenters. The molecule has 1 aliphatic rings. The fourth-order valence-corrected chi connectivity index (χ4v) is 4.73. The molecule has 0 spiro atoms. The molecule has 6 heteroatoms. The molecule has 0 amide bonds. The molecule has 112 valence electrons. The van der Waals surface area contributed by atoms with Crippen LogP contribution in [0.5, 0.6) is 0 Å². The first-order valence-corrected chi connectivity index (χ1v) is 9.14. The highest BCUT2D eigenvalue weighted by molar-refractivity contribution is 7.89. The Balaban J connectivity index is 2.33. The number of hydrogen-bond donors (Lipinski definition) is 0. The number of hydrogen-bond acceptors (Lipinski definition) is 2. The molecule has 0 radical (unpaired) electrons. The summed E-state index contributed by atoms with van der Waals surface area (Å²) in [5.74, 6) is 0.271. The summed E-state index contributed by atoms with van der Waals surface area (Å²) >= 11 is 11.8. The van der Waals surface area contributed by atoms with Crippen LogP contribution in [0.25, 0.3) is 0 Å². The van der Waals surface area contributed by atoms with Crippen LogP contribution < -0.4 is 0 Å². The third-order valence-electron chi connectivity index (χ3n) is 3.90. The van der Waals surface area contributed by atoms with Crippen LogP contribution in [0, 0.1) is 0 Å². The van der Waals surface area contributed by atoms with Gasteiger partial charge in [-0.15, -0.1) is 11.6 Å². The largest absolute Gasteiger partial charge is 0.244 e. The summed E-state index contributed by atoms with van der Waals surface area (Å²) in [5.41, 5.74) is 0.756. The van der Waals surface area contributed by atoms with Crippen molar-refractivity contribution in [2.75, 3.05) is 7.05 Å². The van der Waals surface area contributed by atoms with Gasteiger partial charge in [-0.2, -0.15) is 4.31 Å². The molecule has 0 heterocycles. The molecule has 1 aliphatic carbocycles. The van der Waals surface area contributed by atoms with Crippen molar-refractivity contribution in [3.63, 3.8) is 0 Å². The van der Waals surface area contributed by atoms with Gasteiger partial charge in [-0.3, -0.25) is 0 Å². The van der Waals surface area contributed by atoms with E-state index in [-0.39, 0.29) is 21.8 Å². The molecule has 0 aromatic heterocycles. The van der Waals surface area contributed by atoms with Crippen molar-refractivity contribution < 1.29 is 8.42 Å². The molecule has 20 heavy (non-hydrogen) atoms. The fourth-order valence-electron chi connectivity index (χ4n) is 2.62. The lowest BCUT2D eigenvalue weighted by Gasteiger charge is -2.30. The van der Waals surface area contributed by atoms with E-state index in [0.29, 0.717) is 0 Å². The zero-order chi connectivity index (χ0) is 14.8. The summed E-state index contributed by atoms with van der Waals surface area (Å²) < 4.78 is 26.9. The summed E-state index contributed by atoms with van der Waals surface area (Å²) in [6, 6.07) is 4.99. The van der Waals surface area contributed by atoms with E-state index in [2.05, 4.69) is 0 Å². The summed E-state index contributed by atoms with van der Waals surface area (Å²) in [7, 11) is -1.91. The van der Waals surface area contributed by atoms with Crippen LogP contribution >= 0.6 is 23.2 Å². The number of nitrogens with zero attached hydrogens (tertiary/aromatic N) is 1. The molecule has 0 aliphatic heterocycles. The molecule has 2 rings (SSSR count). The molecule has 0 N–H and O–H groups in total. The second-order valence-corrected chi connectivity index (χ2v) is 7.85. The maximum absolute atomic E-state index is 12.7. The lowest BCUT2D eigenvalue weighted by atomic mass is 9.96. The number of sulfonamides is 1. The van der Waals surface area contributed by atoms with Gasteiger partial charge in [-0.1, -0.05) is 36.9 Å². The highest BCUT2D eigenvalue weighted by atomic mass is 35.5. The van der Waals surface area contributed by atoms with Crippen molar-refractivity contribution >= 4 is 33.2 Å². The number of alkyl halides is 1. The van der Waals surface area contributed by atoms with Crippen molar-refractivity contribution in [3.05, 3.63) is 28.8 Å². The van der Waals surface area contributed by atoms with Crippen molar-refractivity contribution in [2.45, 2.75) is 48.9 Å². The predicted octanol–water partition coefficient (Wildman–Crippen LogP) is 4.03.